The molecule has 0 aromatic heterocycles. The lowest BCUT2D eigenvalue weighted by molar-refractivity contribution is -0.124. The van der Waals surface area contributed by atoms with Crippen molar-refractivity contribution in [2.24, 2.45) is 0 Å². The van der Waals surface area contributed by atoms with E-state index in [9.17, 15) is 9.59 Å². The van der Waals surface area contributed by atoms with Crippen molar-refractivity contribution in [1.82, 2.24) is 21.3 Å². The third kappa shape index (κ3) is 5.16. The van der Waals surface area contributed by atoms with Gasteiger partial charge < -0.3 is 21.3 Å². The maximum Gasteiger partial charge on any atom is 0.238 e. The standard InChI is InChI=1S/C13H24N4O2/c1-9-7-16-11(8-15-9)13(19)14-6-2-3-12(18)17-10-4-5-10/h9-11,15-16H,2-8H2,1H3,(H,14,19)(H,17,18). The van der Waals surface area contributed by atoms with Gasteiger partial charge in [-0.1, -0.05) is 0 Å². The third-order valence-electron chi connectivity index (χ3n) is 3.48. The van der Waals surface area contributed by atoms with Gasteiger partial charge in [0.15, 0.2) is 0 Å². The number of piperazine rings is 1. The molecule has 2 amide bonds. The van der Waals surface area contributed by atoms with Crippen LogP contribution in [0.3, 0.4) is 0 Å². The SMILES string of the molecule is CC1CNC(C(=O)NCCCC(=O)NC2CC2)CN1. The first-order valence-electron chi connectivity index (χ1n) is 7.19. The molecule has 6 heteroatoms. The van der Waals surface area contributed by atoms with Crippen molar-refractivity contribution in [1.29, 1.82) is 0 Å². The van der Waals surface area contributed by atoms with E-state index in [1.165, 1.54) is 0 Å². The maximum absolute atomic E-state index is 11.8. The second-order valence-corrected chi connectivity index (χ2v) is 5.51. The highest BCUT2D eigenvalue weighted by atomic mass is 16.2. The number of carbonyl (C=O) groups is 2. The van der Waals surface area contributed by atoms with Crippen molar-refractivity contribution in [2.45, 2.75) is 50.7 Å². The van der Waals surface area contributed by atoms with Crippen LogP contribution in [0.25, 0.3) is 0 Å². The Kier molecular flexibility index (Phi) is 5.15. The minimum absolute atomic E-state index is 0.0157. The van der Waals surface area contributed by atoms with Crippen molar-refractivity contribution in [3.63, 3.8) is 0 Å². The van der Waals surface area contributed by atoms with E-state index in [1.807, 2.05) is 0 Å². The molecule has 0 radical (unpaired) electrons. The van der Waals surface area contributed by atoms with Gasteiger partial charge in [-0.25, -0.2) is 0 Å². The zero-order valence-corrected chi connectivity index (χ0v) is 11.5. The lowest BCUT2D eigenvalue weighted by Crippen LogP contribution is -2.58. The van der Waals surface area contributed by atoms with Crippen LogP contribution in [0.15, 0.2) is 0 Å². The molecule has 6 nitrogen and oxygen atoms in total. The van der Waals surface area contributed by atoms with Gasteiger partial charge in [0.05, 0.1) is 6.04 Å². The Labute approximate surface area is 114 Å². The van der Waals surface area contributed by atoms with E-state index in [4.69, 9.17) is 0 Å². The lowest BCUT2D eigenvalue weighted by atomic mass is 10.1. The molecular formula is C13H24N4O2. The summed E-state index contributed by atoms with van der Waals surface area (Å²) < 4.78 is 0. The molecule has 1 heterocycles. The lowest BCUT2D eigenvalue weighted by Gasteiger charge is -2.28. The van der Waals surface area contributed by atoms with Gasteiger partial charge in [0.2, 0.25) is 11.8 Å². The van der Waals surface area contributed by atoms with Gasteiger partial charge >= 0.3 is 0 Å². The van der Waals surface area contributed by atoms with Crippen LogP contribution in [0.1, 0.15) is 32.6 Å². The summed E-state index contributed by atoms with van der Waals surface area (Å²) in [6.45, 7) is 4.11. The zero-order chi connectivity index (χ0) is 13.7. The number of hydrogen-bond donors (Lipinski definition) is 4. The first kappa shape index (κ1) is 14.3. The molecule has 0 aromatic carbocycles. The molecule has 2 atom stereocenters. The van der Waals surface area contributed by atoms with E-state index < -0.39 is 0 Å². The Morgan fingerprint density at radius 2 is 2.00 bits per heavy atom. The van der Waals surface area contributed by atoms with E-state index in [0.717, 1.165) is 19.4 Å². The Bertz CT molecular complexity index is 323. The fourth-order valence-corrected chi connectivity index (χ4v) is 2.08. The molecular weight excluding hydrogens is 244 g/mol. The molecule has 2 aliphatic rings. The molecule has 4 N–H and O–H groups in total. The van der Waals surface area contributed by atoms with Crippen LogP contribution in [-0.2, 0) is 9.59 Å². The summed E-state index contributed by atoms with van der Waals surface area (Å²) in [5.74, 6) is 0.116. The largest absolute Gasteiger partial charge is 0.355 e. The van der Waals surface area contributed by atoms with Gasteiger partial charge in [0.25, 0.3) is 0 Å². The minimum Gasteiger partial charge on any atom is -0.355 e. The van der Waals surface area contributed by atoms with Gasteiger partial charge in [-0.2, -0.15) is 0 Å². The second-order valence-electron chi connectivity index (χ2n) is 5.51. The van der Waals surface area contributed by atoms with Gasteiger partial charge in [-0.3, -0.25) is 9.59 Å². The molecule has 1 aliphatic heterocycles. The summed E-state index contributed by atoms with van der Waals surface area (Å²) in [4.78, 5) is 23.3. The van der Waals surface area contributed by atoms with Crippen molar-refractivity contribution >= 4 is 11.8 Å². The average molecular weight is 268 g/mol. The summed E-state index contributed by atoms with van der Waals surface area (Å²) >= 11 is 0. The molecule has 19 heavy (non-hydrogen) atoms. The summed E-state index contributed by atoms with van der Waals surface area (Å²) in [5, 5.41) is 12.3. The van der Waals surface area contributed by atoms with Gasteiger partial charge in [0.1, 0.15) is 0 Å². The van der Waals surface area contributed by atoms with E-state index in [1.54, 1.807) is 0 Å². The zero-order valence-electron chi connectivity index (χ0n) is 11.5. The number of rotatable bonds is 6. The fraction of sp³-hybridized carbons (Fsp3) is 0.846. The summed E-state index contributed by atoms with van der Waals surface area (Å²) in [5.41, 5.74) is 0. The minimum atomic E-state index is -0.156. The normalized spacial score (nSPS) is 26.8. The number of carbonyl (C=O) groups excluding carboxylic acids is 2. The van der Waals surface area contributed by atoms with Crippen molar-refractivity contribution in [2.75, 3.05) is 19.6 Å². The monoisotopic (exact) mass is 268 g/mol. The number of amides is 2. The number of hydrogen-bond acceptors (Lipinski definition) is 4. The predicted molar refractivity (Wildman–Crippen MR) is 72.7 cm³/mol. The van der Waals surface area contributed by atoms with Gasteiger partial charge in [-0.05, 0) is 26.2 Å². The van der Waals surface area contributed by atoms with Crippen LogP contribution in [0.4, 0.5) is 0 Å². The van der Waals surface area contributed by atoms with E-state index in [-0.39, 0.29) is 17.9 Å². The Balaban J connectivity index is 1.52. The maximum atomic E-state index is 11.8. The highest BCUT2D eigenvalue weighted by Crippen LogP contribution is 2.18. The van der Waals surface area contributed by atoms with E-state index >= 15 is 0 Å². The summed E-state index contributed by atoms with van der Waals surface area (Å²) in [6, 6.07) is 0.674. The fourth-order valence-electron chi connectivity index (χ4n) is 2.08. The molecule has 2 fully saturated rings. The Hall–Kier alpha value is -1.14. The molecule has 1 saturated heterocycles. The van der Waals surface area contributed by atoms with Crippen molar-refractivity contribution < 1.29 is 9.59 Å². The molecule has 0 bridgehead atoms. The highest BCUT2D eigenvalue weighted by molar-refractivity contribution is 5.82. The van der Waals surface area contributed by atoms with Crippen LogP contribution in [0, 0.1) is 0 Å². The van der Waals surface area contributed by atoms with E-state index in [0.29, 0.717) is 38.0 Å². The van der Waals surface area contributed by atoms with Crippen LogP contribution in [0.2, 0.25) is 0 Å². The highest BCUT2D eigenvalue weighted by Gasteiger charge is 2.24. The number of nitrogens with one attached hydrogen (secondary N) is 4. The second kappa shape index (κ2) is 6.86. The van der Waals surface area contributed by atoms with Gasteiger partial charge in [-0.15, -0.1) is 0 Å². The van der Waals surface area contributed by atoms with Crippen LogP contribution < -0.4 is 21.3 Å². The predicted octanol–water partition coefficient (Wildman–Crippen LogP) is -0.889. The Morgan fingerprint density at radius 3 is 2.63 bits per heavy atom. The Morgan fingerprint density at radius 1 is 1.21 bits per heavy atom. The quantitative estimate of drug-likeness (QED) is 0.471. The van der Waals surface area contributed by atoms with Crippen LogP contribution in [-0.4, -0.2) is 49.6 Å². The van der Waals surface area contributed by atoms with Crippen molar-refractivity contribution in [3.8, 4) is 0 Å². The molecule has 2 unspecified atom stereocenters. The molecule has 2 rings (SSSR count). The van der Waals surface area contributed by atoms with Crippen molar-refractivity contribution in [3.05, 3.63) is 0 Å². The summed E-state index contributed by atoms with van der Waals surface area (Å²) in [7, 11) is 0. The van der Waals surface area contributed by atoms with Crippen LogP contribution >= 0.6 is 0 Å². The molecule has 0 spiro atoms. The first-order chi connectivity index (χ1) is 9.15. The molecule has 108 valence electrons. The summed E-state index contributed by atoms with van der Waals surface area (Å²) in [6.07, 6.45) is 3.41. The average Bonchev–Trinajstić information content (AvgIpc) is 3.19. The smallest absolute Gasteiger partial charge is 0.238 e. The van der Waals surface area contributed by atoms with E-state index in [2.05, 4.69) is 28.2 Å². The molecule has 1 saturated carbocycles. The van der Waals surface area contributed by atoms with Crippen LogP contribution in [0.5, 0.6) is 0 Å². The van der Waals surface area contributed by atoms with Gasteiger partial charge in [0, 0.05) is 38.1 Å². The first-order valence-corrected chi connectivity index (χ1v) is 7.19. The molecule has 0 aromatic rings. The third-order valence-corrected chi connectivity index (χ3v) is 3.48. The molecule has 1 aliphatic carbocycles. The topological polar surface area (TPSA) is 82.3 Å².